The van der Waals surface area contributed by atoms with Crippen molar-refractivity contribution in [3.63, 3.8) is 0 Å². The minimum absolute atomic E-state index is 0.0888. The molecule has 2 fully saturated rings. The van der Waals surface area contributed by atoms with Gasteiger partial charge in [-0.2, -0.15) is 0 Å². The summed E-state index contributed by atoms with van der Waals surface area (Å²) in [5.41, 5.74) is 0.807. The Balaban J connectivity index is 1.29. The highest BCUT2D eigenvalue weighted by Gasteiger charge is 2.32. The van der Waals surface area contributed by atoms with Gasteiger partial charge in [-0.3, -0.25) is 9.59 Å². The van der Waals surface area contributed by atoms with Crippen molar-refractivity contribution in [2.45, 2.75) is 77.2 Å². The van der Waals surface area contributed by atoms with Gasteiger partial charge in [0.2, 0.25) is 0 Å². The molecule has 3 aromatic rings. The third-order valence-corrected chi connectivity index (χ3v) is 8.14. The van der Waals surface area contributed by atoms with E-state index in [1.807, 2.05) is 26.8 Å². The maximum absolute atomic E-state index is 13.3. The number of carbonyl (C=O) groups excluding carboxylic acids is 2. The van der Waals surface area contributed by atoms with E-state index in [0.29, 0.717) is 66.8 Å². The van der Waals surface area contributed by atoms with E-state index >= 15 is 0 Å². The molecular weight excluding hydrogens is 564 g/mol. The van der Waals surface area contributed by atoms with Gasteiger partial charge in [0.1, 0.15) is 11.4 Å². The number of hydrogen-bond acceptors (Lipinski definition) is 8. The number of rotatable bonds is 9. The molecule has 2 amide bonds. The first-order valence-electron chi connectivity index (χ1n) is 15.2. The molecule has 2 aromatic carbocycles. The lowest BCUT2D eigenvalue weighted by molar-refractivity contribution is 0.00563. The molecule has 1 aliphatic heterocycles. The molecule has 1 saturated heterocycles. The number of benzene rings is 2. The summed E-state index contributed by atoms with van der Waals surface area (Å²) in [6, 6.07) is 11.5. The van der Waals surface area contributed by atoms with E-state index in [1.165, 1.54) is 18.2 Å². The second kappa shape index (κ2) is 12.8. The number of phenols is 2. The van der Waals surface area contributed by atoms with Gasteiger partial charge in [0, 0.05) is 62.3 Å². The second-order valence-electron chi connectivity index (χ2n) is 12.7. The molecule has 0 atom stereocenters. The molecule has 5 rings (SSSR count). The standard InChI is InChI=1S/C33H42N4O7/c1-33(2,3)44-32(42)37(20-21-5-10-28(38)29(39)17-21)23-11-13-35(14-12-23)15-16-36-27-18-24(43-4)8-9-25(27)26(19-30(36)40)31(41)34-22-6-7-22/h5,8-10,17-19,22-23,38-39H,6-7,11-16,20H2,1-4H3,(H,34,41). The van der Waals surface area contributed by atoms with E-state index in [-0.39, 0.29) is 41.6 Å². The van der Waals surface area contributed by atoms with Crippen LogP contribution in [0.25, 0.3) is 10.9 Å². The fourth-order valence-corrected chi connectivity index (χ4v) is 5.62. The Bertz CT molecular complexity index is 1580. The van der Waals surface area contributed by atoms with Crippen LogP contribution < -0.4 is 15.6 Å². The Morgan fingerprint density at radius 2 is 1.70 bits per heavy atom. The fraction of sp³-hybridized carbons (Fsp3) is 0.485. The van der Waals surface area contributed by atoms with Crippen LogP contribution in [0.4, 0.5) is 4.79 Å². The van der Waals surface area contributed by atoms with E-state index in [9.17, 15) is 24.6 Å². The molecule has 0 radical (unpaired) electrons. The normalized spacial score (nSPS) is 16.1. The highest BCUT2D eigenvalue weighted by Crippen LogP contribution is 2.29. The Labute approximate surface area is 257 Å². The molecule has 11 nitrogen and oxygen atoms in total. The fourth-order valence-electron chi connectivity index (χ4n) is 5.62. The molecule has 0 unspecified atom stereocenters. The highest BCUT2D eigenvalue weighted by molar-refractivity contribution is 6.06. The quantitative estimate of drug-likeness (QED) is 0.309. The number of piperidine rings is 1. The van der Waals surface area contributed by atoms with Gasteiger partial charge in [0.05, 0.1) is 18.2 Å². The maximum Gasteiger partial charge on any atom is 0.410 e. The summed E-state index contributed by atoms with van der Waals surface area (Å²) in [6.45, 7) is 8.18. The summed E-state index contributed by atoms with van der Waals surface area (Å²) in [7, 11) is 1.57. The number of amides is 2. The van der Waals surface area contributed by atoms with Crippen LogP contribution in [-0.2, 0) is 17.8 Å². The van der Waals surface area contributed by atoms with Crippen LogP contribution in [0.2, 0.25) is 0 Å². The molecule has 0 bridgehead atoms. The minimum atomic E-state index is -0.667. The SMILES string of the molecule is COc1ccc2c(C(=O)NC3CC3)cc(=O)n(CCN3CCC(N(Cc4ccc(O)c(O)c4)C(=O)OC(C)(C)C)CC3)c2c1. The lowest BCUT2D eigenvalue weighted by Gasteiger charge is -2.39. The van der Waals surface area contributed by atoms with Gasteiger partial charge in [-0.25, -0.2) is 4.79 Å². The van der Waals surface area contributed by atoms with Crippen LogP contribution in [0.1, 0.15) is 62.4 Å². The summed E-state index contributed by atoms with van der Waals surface area (Å²) in [5, 5.41) is 23.4. The molecule has 236 valence electrons. The summed E-state index contributed by atoms with van der Waals surface area (Å²) >= 11 is 0. The Hall–Kier alpha value is -4.25. The van der Waals surface area contributed by atoms with E-state index in [0.717, 1.165) is 12.8 Å². The number of likely N-dealkylation sites (tertiary alicyclic amines) is 1. The number of nitrogens with one attached hydrogen (secondary N) is 1. The van der Waals surface area contributed by atoms with Gasteiger partial charge in [-0.05, 0) is 76.3 Å². The average Bonchev–Trinajstić information content (AvgIpc) is 3.80. The van der Waals surface area contributed by atoms with E-state index in [1.54, 1.807) is 34.8 Å². The van der Waals surface area contributed by atoms with Crippen LogP contribution in [0, 0.1) is 0 Å². The predicted molar refractivity (Wildman–Crippen MR) is 166 cm³/mol. The number of ether oxygens (including phenoxy) is 2. The van der Waals surface area contributed by atoms with Gasteiger partial charge >= 0.3 is 6.09 Å². The molecule has 3 N–H and O–H groups in total. The van der Waals surface area contributed by atoms with Crippen LogP contribution in [0.5, 0.6) is 17.2 Å². The molecule has 11 heteroatoms. The van der Waals surface area contributed by atoms with Crippen molar-refractivity contribution in [2.75, 3.05) is 26.7 Å². The van der Waals surface area contributed by atoms with Gasteiger partial charge in [0.15, 0.2) is 11.5 Å². The Kier molecular flexibility index (Phi) is 9.05. The largest absolute Gasteiger partial charge is 0.504 e. The molecular formula is C33H42N4O7. The first-order chi connectivity index (χ1) is 20.9. The lowest BCUT2D eigenvalue weighted by atomic mass is 10.0. The van der Waals surface area contributed by atoms with Gasteiger partial charge in [-0.15, -0.1) is 0 Å². The summed E-state index contributed by atoms with van der Waals surface area (Å²) in [5.74, 6) is -0.0766. The van der Waals surface area contributed by atoms with Crippen LogP contribution in [0.15, 0.2) is 47.3 Å². The van der Waals surface area contributed by atoms with Crippen molar-refractivity contribution in [3.05, 3.63) is 63.9 Å². The topological polar surface area (TPSA) is 134 Å². The smallest absolute Gasteiger partial charge is 0.410 e. The molecule has 1 aromatic heterocycles. The van der Waals surface area contributed by atoms with E-state index in [4.69, 9.17) is 9.47 Å². The van der Waals surface area contributed by atoms with Crippen molar-refractivity contribution in [2.24, 2.45) is 0 Å². The number of aromatic hydroxyl groups is 2. The van der Waals surface area contributed by atoms with Gasteiger partial charge in [0.25, 0.3) is 11.5 Å². The molecule has 1 saturated carbocycles. The summed E-state index contributed by atoms with van der Waals surface area (Å²) < 4.78 is 12.8. The maximum atomic E-state index is 13.3. The van der Waals surface area contributed by atoms with Crippen molar-refractivity contribution >= 4 is 22.9 Å². The van der Waals surface area contributed by atoms with E-state index in [2.05, 4.69) is 10.2 Å². The number of phenolic OH excluding ortho intramolecular Hbond substituents is 2. The Morgan fingerprint density at radius 3 is 2.34 bits per heavy atom. The zero-order valence-corrected chi connectivity index (χ0v) is 25.8. The molecule has 1 aliphatic carbocycles. The monoisotopic (exact) mass is 606 g/mol. The zero-order chi connectivity index (χ0) is 31.6. The van der Waals surface area contributed by atoms with Crippen molar-refractivity contribution in [1.29, 1.82) is 0 Å². The molecule has 2 heterocycles. The van der Waals surface area contributed by atoms with Crippen LogP contribution in [0.3, 0.4) is 0 Å². The van der Waals surface area contributed by atoms with Crippen molar-refractivity contribution in [3.8, 4) is 17.2 Å². The second-order valence-corrected chi connectivity index (χ2v) is 12.7. The van der Waals surface area contributed by atoms with Crippen molar-refractivity contribution < 1.29 is 29.3 Å². The first-order valence-corrected chi connectivity index (χ1v) is 15.2. The number of carbonyl (C=O) groups is 2. The summed E-state index contributed by atoms with van der Waals surface area (Å²) in [6.07, 6.45) is 2.89. The number of aromatic nitrogens is 1. The van der Waals surface area contributed by atoms with Crippen molar-refractivity contribution in [1.82, 2.24) is 19.7 Å². The van der Waals surface area contributed by atoms with Gasteiger partial charge < -0.3 is 39.4 Å². The van der Waals surface area contributed by atoms with Crippen LogP contribution >= 0.6 is 0 Å². The third kappa shape index (κ3) is 7.45. The third-order valence-electron chi connectivity index (χ3n) is 8.14. The Morgan fingerprint density at radius 1 is 0.977 bits per heavy atom. The molecule has 2 aliphatic rings. The predicted octanol–water partition coefficient (Wildman–Crippen LogP) is 4.22. The summed E-state index contributed by atoms with van der Waals surface area (Å²) in [4.78, 5) is 43.5. The zero-order valence-electron chi connectivity index (χ0n) is 25.8. The van der Waals surface area contributed by atoms with Gasteiger partial charge in [-0.1, -0.05) is 6.07 Å². The minimum Gasteiger partial charge on any atom is -0.504 e. The van der Waals surface area contributed by atoms with Crippen LogP contribution in [-0.4, -0.2) is 81.0 Å². The molecule has 44 heavy (non-hydrogen) atoms. The number of nitrogens with zero attached hydrogens (tertiary/aromatic N) is 3. The average molecular weight is 607 g/mol. The number of hydrogen-bond donors (Lipinski definition) is 3. The van der Waals surface area contributed by atoms with E-state index < -0.39 is 11.7 Å². The number of fused-ring (bicyclic) bond motifs is 1. The molecule has 0 spiro atoms. The lowest BCUT2D eigenvalue weighted by Crippen LogP contribution is -2.49. The number of pyridine rings is 1. The number of methoxy groups -OCH3 is 1. The first kappa shape index (κ1) is 31.2. The highest BCUT2D eigenvalue weighted by atomic mass is 16.6.